The summed E-state index contributed by atoms with van der Waals surface area (Å²) >= 11 is 0. The van der Waals surface area contributed by atoms with E-state index in [2.05, 4.69) is 20.5 Å². The molecular weight excluding hydrogens is 331 g/mol. The largest absolute Gasteiger partial charge is 0.403 e. The first-order valence-corrected chi connectivity index (χ1v) is 8.00. The molecule has 132 valence electrons. The molecule has 2 aromatic carbocycles. The van der Waals surface area contributed by atoms with Crippen LogP contribution in [0.3, 0.4) is 0 Å². The molecule has 0 radical (unpaired) electrons. The molecule has 0 fully saturated rings. The zero-order chi connectivity index (χ0) is 18.4. The van der Waals surface area contributed by atoms with E-state index in [0.717, 1.165) is 17.0 Å². The van der Waals surface area contributed by atoms with Crippen LogP contribution in [0.5, 0.6) is 0 Å². The summed E-state index contributed by atoms with van der Waals surface area (Å²) in [5.74, 6) is -0.123. The molecule has 7 heteroatoms. The lowest BCUT2D eigenvalue weighted by Gasteiger charge is -2.09. The van der Waals surface area contributed by atoms with Crippen molar-refractivity contribution >= 4 is 11.7 Å². The number of aliphatic imine (C=N–C) groups is 1. The predicted octanol–water partition coefficient (Wildman–Crippen LogP) is 2.58. The van der Waals surface area contributed by atoms with Crippen LogP contribution in [0.15, 0.2) is 71.9 Å². The molecule has 6 N–H and O–H groups in total. The van der Waals surface area contributed by atoms with Crippen LogP contribution < -0.4 is 16.8 Å². The molecule has 26 heavy (non-hydrogen) atoms. The minimum absolute atomic E-state index is 0.196. The van der Waals surface area contributed by atoms with E-state index in [9.17, 15) is 4.39 Å². The number of benzene rings is 2. The lowest BCUT2D eigenvalue weighted by molar-refractivity contribution is 0.627. The Bertz CT molecular complexity index is 913. The highest BCUT2D eigenvalue weighted by Crippen LogP contribution is 2.17. The zero-order valence-corrected chi connectivity index (χ0v) is 14.0. The quantitative estimate of drug-likeness (QED) is 0.419. The minimum atomic E-state index is -0.319. The summed E-state index contributed by atoms with van der Waals surface area (Å²) in [7, 11) is 0. The van der Waals surface area contributed by atoms with E-state index in [1.54, 1.807) is 12.1 Å². The van der Waals surface area contributed by atoms with Gasteiger partial charge in [-0.2, -0.15) is 5.10 Å². The fraction of sp³-hybridized carbons (Fsp3) is 0.0526. The van der Waals surface area contributed by atoms with E-state index >= 15 is 0 Å². The Morgan fingerprint density at radius 3 is 2.58 bits per heavy atom. The smallest absolute Gasteiger partial charge is 0.193 e. The normalized spacial score (nSPS) is 12.2. The number of guanidine groups is 1. The van der Waals surface area contributed by atoms with E-state index in [0.29, 0.717) is 17.8 Å². The molecule has 3 rings (SSSR count). The molecule has 0 unspecified atom stereocenters. The summed E-state index contributed by atoms with van der Waals surface area (Å²) < 4.78 is 13.0. The maximum absolute atomic E-state index is 13.0. The number of rotatable bonds is 5. The lowest BCUT2D eigenvalue weighted by atomic mass is 10.1. The average Bonchev–Trinajstić information content (AvgIpc) is 3.15. The molecule has 0 spiro atoms. The number of aromatic nitrogens is 2. The van der Waals surface area contributed by atoms with Gasteiger partial charge in [0.05, 0.1) is 23.6 Å². The standard InChI is InChI=1S/C19H19FN6/c20-15-8-6-14(7-9-15)18(11-21)24-19(22)23-12-16-10-17(26-25-16)13-4-2-1-3-5-13/h1-11H,12,21H2,(H,25,26)(H3,22,23,24)/b18-11-. The Hall–Kier alpha value is -3.61. The number of hydrogen-bond donors (Lipinski definition) is 4. The number of nitrogens with two attached hydrogens (primary N) is 2. The van der Waals surface area contributed by atoms with Gasteiger partial charge in [-0.1, -0.05) is 30.3 Å². The monoisotopic (exact) mass is 350 g/mol. The van der Waals surface area contributed by atoms with Gasteiger partial charge in [-0.3, -0.25) is 5.10 Å². The van der Waals surface area contributed by atoms with Gasteiger partial charge in [-0.05, 0) is 35.9 Å². The van der Waals surface area contributed by atoms with Gasteiger partial charge in [-0.25, -0.2) is 9.38 Å². The first-order chi connectivity index (χ1) is 12.7. The summed E-state index contributed by atoms with van der Waals surface area (Å²) in [4.78, 5) is 4.27. The molecule has 0 aliphatic carbocycles. The first kappa shape index (κ1) is 17.2. The van der Waals surface area contributed by atoms with Crippen molar-refractivity contribution in [3.63, 3.8) is 0 Å². The molecule has 1 aromatic heterocycles. The topological polar surface area (TPSA) is 105 Å². The average molecular weight is 350 g/mol. The maximum Gasteiger partial charge on any atom is 0.193 e. The summed E-state index contributed by atoms with van der Waals surface area (Å²) in [6.45, 7) is 0.333. The number of hydrogen-bond acceptors (Lipinski definition) is 3. The van der Waals surface area contributed by atoms with Crippen molar-refractivity contribution in [3.8, 4) is 11.3 Å². The molecule has 6 nitrogen and oxygen atoms in total. The van der Waals surface area contributed by atoms with Crippen molar-refractivity contribution < 1.29 is 4.39 Å². The molecule has 0 bridgehead atoms. The molecule has 1 heterocycles. The van der Waals surface area contributed by atoms with E-state index in [1.165, 1.54) is 18.3 Å². The number of nitrogens with one attached hydrogen (secondary N) is 2. The van der Waals surface area contributed by atoms with Gasteiger partial charge in [-0.15, -0.1) is 0 Å². The zero-order valence-electron chi connectivity index (χ0n) is 14.0. The van der Waals surface area contributed by atoms with Gasteiger partial charge in [0.2, 0.25) is 0 Å². The van der Waals surface area contributed by atoms with Crippen LogP contribution in [0.2, 0.25) is 0 Å². The number of nitrogens with zero attached hydrogens (tertiary/aromatic N) is 2. The molecule has 0 saturated heterocycles. The summed E-state index contributed by atoms with van der Waals surface area (Å²) in [5, 5.41) is 10.1. The van der Waals surface area contributed by atoms with Crippen LogP contribution in [0.4, 0.5) is 4.39 Å². The van der Waals surface area contributed by atoms with Gasteiger partial charge < -0.3 is 16.8 Å². The van der Waals surface area contributed by atoms with Crippen molar-refractivity contribution in [2.45, 2.75) is 6.54 Å². The van der Waals surface area contributed by atoms with Crippen LogP contribution in [0, 0.1) is 5.82 Å². The maximum atomic E-state index is 13.0. The molecule has 0 amide bonds. The van der Waals surface area contributed by atoms with E-state index < -0.39 is 0 Å². The Labute approximate surface area is 150 Å². The SMILES string of the molecule is N/C=C(\NC(N)=NCc1cc(-c2ccccc2)n[nH]1)c1ccc(F)cc1. The second-order valence-electron chi connectivity index (χ2n) is 5.56. The summed E-state index contributed by atoms with van der Waals surface area (Å²) in [6.07, 6.45) is 1.36. The third-order valence-electron chi connectivity index (χ3n) is 3.70. The number of aromatic amines is 1. The Kier molecular flexibility index (Phi) is 5.28. The van der Waals surface area contributed by atoms with E-state index in [-0.39, 0.29) is 11.8 Å². The van der Waals surface area contributed by atoms with Crippen molar-refractivity contribution in [2.75, 3.05) is 0 Å². The Morgan fingerprint density at radius 1 is 1.15 bits per heavy atom. The van der Waals surface area contributed by atoms with Crippen LogP contribution >= 0.6 is 0 Å². The summed E-state index contributed by atoms with van der Waals surface area (Å²) in [5.41, 5.74) is 15.5. The fourth-order valence-corrected chi connectivity index (χ4v) is 2.39. The third-order valence-corrected chi connectivity index (χ3v) is 3.70. The fourth-order valence-electron chi connectivity index (χ4n) is 2.39. The highest BCUT2D eigenvalue weighted by Gasteiger charge is 2.05. The molecule has 0 atom stereocenters. The molecule has 0 saturated carbocycles. The lowest BCUT2D eigenvalue weighted by Crippen LogP contribution is -2.30. The van der Waals surface area contributed by atoms with Crippen molar-refractivity contribution in [1.82, 2.24) is 15.5 Å². The van der Waals surface area contributed by atoms with Gasteiger partial charge >= 0.3 is 0 Å². The Morgan fingerprint density at radius 2 is 1.88 bits per heavy atom. The van der Waals surface area contributed by atoms with E-state index in [1.807, 2.05) is 36.4 Å². The highest BCUT2D eigenvalue weighted by molar-refractivity contribution is 5.87. The van der Waals surface area contributed by atoms with Gasteiger partial charge in [0.25, 0.3) is 0 Å². The molecule has 3 aromatic rings. The number of H-pyrrole nitrogens is 1. The van der Waals surface area contributed by atoms with Crippen LogP contribution in [-0.2, 0) is 6.54 Å². The minimum Gasteiger partial charge on any atom is -0.403 e. The predicted molar refractivity (Wildman–Crippen MR) is 101 cm³/mol. The second-order valence-corrected chi connectivity index (χ2v) is 5.56. The van der Waals surface area contributed by atoms with Crippen LogP contribution in [0.25, 0.3) is 17.0 Å². The van der Waals surface area contributed by atoms with E-state index in [4.69, 9.17) is 11.5 Å². The number of halogens is 1. The highest BCUT2D eigenvalue weighted by atomic mass is 19.1. The Balaban J connectivity index is 1.65. The van der Waals surface area contributed by atoms with Gasteiger partial charge in [0, 0.05) is 11.8 Å². The first-order valence-electron chi connectivity index (χ1n) is 8.00. The van der Waals surface area contributed by atoms with Crippen LogP contribution in [0.1, 0.15) is 11.3 Å². The van der Waals surface area contributed by atoms with Gasteiger partial charge in [0.1, 0.15) is 5.82 Å². The van der Waals surface area contributed by atoms with Gasteiger partial charge in [0.15, 0.2) is 5.96 Å². The third kappa shape index (κ3) is 4.27. The molecule has 0 aliphatic rings. The molecular formula is C19H19FN6. The molecule has 0 aliphatic heterocycles. The summed E-state index contributed by atoms with van der Waals surface area (Å²) in [6, 6.07) is 17.7. The van der Waals surface area contributed by atoms with Crippen molar-refractivity contribution in [3.05, 3.63) is 83.9 Å². The van der Waals surface area contributed by atoms with Crippen molar-refractivity contribution in [1.29, 1.82) is 0 Å². The second kappa shape index (κ2) is 7.98. The van der Waals surface area contributed by atoms with Crippen molar-refractivity contribution in [2.24, 2.45) is 16.5 Å². The van der Waals surface area contributed by atoms with Crippen LogP contribution in [-0.4, -0.2) is 16.2 Å².